The standard InChI is InChI=1S/C21H23FN2/c22-17-8-6-15(7-9-17)19-14-21(16-10-12-23-13-11-16)24-20-5-3-1-2-4-18(19)20/h6-10,14,23H,1-5,11-13H2. The maximum atomic E-state index is 13.3. The fourth-order valence-corrected chi connectivity index (χ4v) is 3.79. The minimum absolute atomic E-state index is 0.180. The van der Waals surface area contributed by atoms with Crippen LogP contribution in [0.15, 0.2) is 36.4 Å². The van der Waals surface area contributed by atoms with Crippen molar-refractivity contribution in [1.82, 2.24) is 10.3 Å². The second-order valence-corrected chi connectivity index (χ2v) is 6.73. The second kappa shape index (κ2) is 6.86. The number of pyridine rings is 1. The summed E-state index contributed by atoms with van der Waals surface area (Å²) in [6, 6.07) is 9.14. The fourth-order valence-electron chi connectivity index (χ4n) is 3.79. The third kappa shape index (κ3) is 3.13. The van der Waals surface area contributed by atoms with E-state index in [1.54, 1.807) is 12.1 Å². The molecule has 0 unspecified atom stereocenters. The molecule has 3 heteroatoms. The molecule has 2 aliphatic rings. The van der Waals surface area contributed by atoms with E-state index in [-0.39, 0.29) is 5.82 Å². The maximum absolute atomic E-state index is 13.3. The molecule has 0 radical (unpaired) electrons. The molecule has 2 heterocycles. The first-order chi connectivity index (χ1) is 11.8. The molecule has 1 aliphatic carbocycles. The van der Waals surface area contributed by atoms with Crippen molar-refractivity contribution >= 4 is 5.57 Å². The molecule has 0 bridgehead atoms. The number of fused-ring (bicyclic) bond motifs is 1. The van der Waals surface area contributed by atoms with Gasteiger partial charge in [0.05, 0.1) is 5.69 Å². The highest BCUT2D eigenvalue weighted by molar-refractivity contribution is 5.74. The lowest BCUT2D eigenvalue weighted by Crippen LogP contribution is -2.20. The summed E-state index contributed by atoms with van der Waals surface area (Å²) in [5.41, 5.74) is 7.42. The zero-order chi connectivity index (χ0) is 16.4. The van der Waals surface area contributed by atoms with Crippen molar-refractivity contribution in [3.05, 3.63) is 59.2 Å². The molecule has 4 rings (SSSR count). The van der Waals surface area contributed by atoms with Crippen LogP contribution in [-0.2, 0) is 12.8 Å². The topological polar surface area (TPSA) is 24.9 Å². The number of aryl methyl sites for hydroxylation is 1. The van der Waals surface area contributed by atoms with E-state index >= 15 is 0 Å². The third-order valence-electron chi connectivity index (χ3n) is 5.10. The summed E-state index contributed by atoms with van der Waals surface area (Å²) in [6.45, 7) is 1.93. The first kappa shape index (κ1) is 15.5. The van der Waals surface area contributed by atoms with Crippen LogP contribution >= 0.6 is 0 Å². The van der Waals surface area contributed by atoms with Crippen LogP contribution in [0.2, 0.25) is 0 Å². The first-order valence-electron chi connectivity index (χ1n) is 9.00. The SMILES string of the molecule is Fc1ccc(-c2cc(C3=CCNCC3)nc3c2CCCCC3)cc1. The first-order valence-corrected chi connectivity index (χ1v) is 9.00. The van der Waals surface area contributed by atoms with Crippen molar-refractivity contribution in [3.8, 4) is 11.1 Å². The van der Waals surface area contributed by atoms with Crippen molar-refractivity contribution in [1.29, 1.82) is 0 Å². The monoisotopic (exact) mass is 322 g/mol. The van der Waals surface area contributed by atoms with Crippen LogP contribution < -0.4 is 5.32 Å². The molecule has 24 heavy (non-hydrogen) atoms. The largest absolute Gasteiger partial charge is 0.313 e. The molecular weight excluding hydrogens is 299 g/mol. The smallest absolute Gasteiger partial charge is 0.123 e. The number of nitrogens with zero attached hydrogens (tertiary/aromatic N) is 1. The molecule has 0 fully saturated rings. The van der Waals surface area contributed by atoms with Crippen LogP contribution in [0.4, 0.5) is 4.39 Å². The Kier molecular flexibility index (Phi) is 4.44. The number of rotatable bonds is 2. The van der Waals surface area contributed by atoms with Gasteiger partial charge < -0.3 is 5.32 Å². The Morgan fingerprint density at radius 1 is 0.958 bits per heavy atom. The van der Waals surface area contributed by atoms with Gasteiger partial charge in [-0.1, -0.05) is 24.6 Å². The van der Waals surface area contributed by atoms with E-state index in [2.05, 4.69) is 17.5 Å². The Hall–Kier alpha value is -2.00. The fraction of sp³-hybridized carbons (Fsp3) is 0.381. The summed E-state index contributed by atoms with van der Waals surface area (Å²) in [5.74, 6) is -0.180. The quantitative estimate of drug-likeness (QED) is 0.822. The van der Waals surface area contributed by atoms with Crippen LogP contribution in [-0.4, -0.2) is 18.1 Å². The highest BCUT2D eigenvalue weighted by Crippen LogP contribution is 2.33. The Balaban J connectivity index is 1.85. The van der Waals surface area contributed by atoms with Crippen LogP contribution in [0.25, 0.3) is 16.7 Å². The number of hydrogen-bond acceptors (Lipinski definition) is 2. The predicted octanol–water partition coefficient (Wildman–Crippen LogP) is 4.53. The van der Waals surface area contributed by atoms with Gasteiger partial charge in [0.2, 0.25) is 0 Å². The van der Waals surface area contributed by atoms with Crippen LogP contribution in [0.3, 0.4) is 0 Å². The van der Waals surface area contributed by atoms with E-state index in [9.17, 15) is 4.39 Å². The summed E-state index contributed by atoms with van der Waals surface area (Å²) in [6.07, 6.45) is 9.11. The number of benzene rings is 1. The van der Waals surface area contributed by atoms with Gasteiger partial charge in [0.25, 0.3) is 0 Å². The number of aromatic nitrogens is 1. The molecule has 124 valence electrons. The minimum Gasteiger partial charge on any atom is -0.313 e. The van der Waals surface area contributed by atoms with Crippen molar-refractivity contribution < 1.29 is 4.39 Å². The van der Waals surface area contributed by atoms with Gasteiger partial charge in [-0.05, 0) is 79.1 Å². The van der Waals surface area contributed by atoms with Gasteiger partial charge in [-0.15, -0.1) is 0 Å². The van der Waals surface area contributed by atoms with Gasteiger partial charge in [-0.25, -0.2) is 4.39 Å². The molecule has 0 saturated carbocycles. The van der Waals surface area contributed by atoms with Crippen molar-refractivity contribution in [2.24, 2.45) is 0 Å². The summed E-state index contributed by atoms with van der Waals surface area (Å²) in [5, 5.41) is 3.36. The molecule has 1 aromatic heterocycles. The Labute approximate surface area is 142 Å². The molecule has 2 nitrogen and oxygen atoms in total. The van der Waals surface area contributed by atoms with Gasteiger partial charge in [0.15, 0.2) is 0 Å². The van der Waals surface area contributed by atoms with Crippen molar-refractivity contribution in [2.75, 3.05) is 13.1 Å². The normalized spacial score (nSPS) is 17.8. The molecule has 1 N–H and O–H groups in total. The van der Waals surface area contributed by atoms with Gasteiger partial charge in [-0.2, -0.15) is 0 Å². The molecule has 1 aromatic carbocycles. The van der Waals surface area contributed by atoms with Gasteiger partial charge in [0.1, 0.15) is 5.82 Å². The van der Waals surface area contributed by atoms with Crippen LogP contribution in [0.1, 0.15) is 42.6 Å². The zero-order valence-corrected chi connectivity index (χ0v) is 13.9. The molecule has 0 saturated heterocycles. The van der Waals surface area contributed by atoms with E-state index in [1.807, 2.05) is 12.1 Å². The van der Waals surface area contributed by atoms with Crippen molar-refractivity contribution in [3.63, 3.8) is 0 Å². The Morgan fingerprint density at radius 2 is 1.79 bits per heavy atom. The highest BCUT2D eigenvalue weighted by atomic mass is 19.1. The minimum atomic E-state index is -0.180. The average Bonchev–Trinajstić information content (AvgIpc) is 2.88. The number of hydrogen-bond donors (Lipinski definition) is 1. The van der Waals surface area contributed by atoms with Crippen LogP contribution in [0.5, 0.6) is 0 Å². The third-order valence-corrected chi connectivity index (χ3v) is 5.10. The van der Waals surface area contributed by atoms with Crippen LogP contribution in [0, 0.1) is 5.82 Å². The number of nitrogens with one attached hydrogen (secondary N) is 1. The summed E-state index contributed by atoms with van der Waals surface area (Å²) >= 11 is 0. The van der Waals surface area contributed by atoms with E-state index in [0.717, 1.165) is 43.6 Å². The van der Waals surface area contributed by atoms with Crippen molar-refractivity contribution in [2.45, 2.75) is 38.5 Å². The molecule has 2 aromatic rings. The lowest BCUT2D eigenvalue weighted by molar-refractivity contribution is 0.628. The Morgan fingerprint density at radius 3 is 2.58 bits per heavy atom. The van der Waals surface area contributed by atoms with Gasteiger partial charge in [0, 0.05) is 12.2 Å². The predicted molar refractivity (Wildman–Crippen MR) is 96.4 cm³/mol. The van der Waals surface area contributed by atoms with E-state index in [4.69, 9.17) is 4.98 Å². The molecule has 0 atom stereocenters. The zero-order valence-electron chi connectivity index (χ0n) is 13.9. The second-order valence-electron chi connectivity index (χ2n) is 6.73. The molecule has 0 spiro atoms. The highest BCUT2D eigenvalue weighted by Gasteiger charge is 2.18. The van der Waals surface area contributed by atoms with Gasteiger partial charge >= 0.3 is 0 Å². The van der Waals surface area contributed by atoms with E-state index in [1.165, 1.54) is 41.7 Å². The van der Waals surface area contributed by atoms with E-state index < -0.39 is 0 Å². The number of halogens is 1. The lowest BCUT2D eigenvalue weighted by atomic mass is 9.93. The molecular formula is C21H23FN2. The Bertz CT molecular complexity index is 762. The van der Waals surface area contributed by atoms with Gasteiger partial charge in [-0.3, -0.25) is 4.98 Å². The molecule has 0 amide bonds. The summed E-state index contributed by atoms with van der Waals surface area (Å²) < 4.78 is 13.3. The summed E-state index contributed by atoms with van der Waals surface area (Å²) in [4.78, 5) is 5.03. The summed E-state index contributed by atoms with van der Waals surface area (Å²) in [7, 11) is 0. The van der Waals surface area contributed by atoms with E-state index in [0.29, 0.717) is 0 Å². The maximum Gasteiger partial charge on any atom is 0.123 e. The lowest BCUT2D eigenvalue weighted by Gasteiger charge is -2.18. The average molecular weight is 322 g/mol. The molecule has 1 aliphatic heterocycles.